The van der Waals surface area contributed by atoms with Gasteiger partial charge in [0.1, 0.15) is 0 Å². The molecule has 0 unspecified atom stereocenters. The normalized spacial score (nSPS) is 18.4. The Morgan fingerprint density at radius 3 is 1.69 bits per heavy atom. The van der Waals surface area contributed by atoms with Crippen LogP contribution in [0.5, 0.6) is 0 Å². The molecular formula is C20H22BNO4. The van der Waals surface area contributed by atoms with Crippen molar-refractivity contribution >= 4 is 30.4 Å². The van der Waals surface area contributed by atoms with E-state index in [4.69, 9.17) is 9.31 Å². The van der Waals surface area contributed by atoms with Crippen LogP contribution in [0.4, 0.5) is 5.69 Å². The second-order valence-corrected chi connectivity index (χ2v) is 7.44. The van der Waals surface area contributed by atoms with Gasteiger partial charge in [0, 0.05) is 12.1 Å². The molecule has 2 aromatic rings. The number of hydrogen-bond acceptors (Lipinski definition) is 4. The van der Waals surface area contributed by atoms with Crippen molar-refractivity contribution < 1.29 is 14.2 Å². The third kappa shape index (κ3) is 3.71. The Hall–Kier alpha value is -2.44. The van der Waals surface area contributed by atoms with E-state index in [2.05, 4.69) is 0 Å². The molecule has 3 rings (SSSR count). The van der Waals surface area contributed by atoms with Crippen LogP contribution in [0.1, 0.15) is 38.8 Å². The van der Waals surface area contributed by atoms with Crippen molar-refractivity contribution in [2.75, 3.05) is 0 Å². The first kappa shape index (κ1) is 18.4. The summed E-state index contributed by atoms with van der Waals surface area (Å²) in [7, 11) is -0.368. The maximum atomic E-state index is 10.7. The molecule has 6 heteroatoms. The van der Waals surface area contributed by atoms with Gasteiger partial charge in [-0.25, -0.2) is 0 Å². The van der Waals surface area contributed by atoms with Crippen LogP contribution >= 0.6 is 0 Å². The van der Waals surface area contributed by atoms with Crippen molar-refractivity contribution in [1.82, 2.24) is 0 Å². The summed E-state index contributed by atoms with van der Waals surface area (Å²) in [4.78, 5) is 10.3. The van der Waals surface area contributed by atoms with Crippen molar-refractivity contribution in [1.29, 1.82) is 0 Å². The maximum Gasteiger partial charge on any atom is 0.494 e. The molecule has 0 saturated carbocycles. The topological polar surface area (TPSA) is 61.6 Å². The Balaban J connectivity index is 1.69. The van der Waals surface area contributed by atoms with Gasteiger partial charge in [0.2, 0.25) is 0 Å². The molecule has 0 aromatic heterocycles. The fourth-order valence-corrected chi connectivity index (χ4v) is 2.64. The molecule has 1 aliphatic heterocycles. The van der Waals surface area contributed by atoms with E-state index in [-0.39, 0.29) is 24.0 Å². The molecular weight excluding hydrogens is 329 g/mol. The standard InChI is InChI=1S/C20H22BNO4/c1-19(2)20(3,4)26-21(25-19)17-11-7-15(8-12-17)5-6-16-9-13-18(14-10-16)22(23)24/h5-14H,1-4H3. The van der Waals surface area contributed by atoms with Crippen molar-refractivity contribution in [3.05, 3.63) is 69.8 Å². The van der Waals surface area contributed by atoms with Crippen LogP contribution in [0.3, 0.4) is 0 Å². The van der Waals surface area contributed by atoms with Crippen LogP contribution in [0.15, 0.2) is 48.5 Å². The Morgan fingerprint density at radius 1 is 0.846 bits per heavy atom. The largest absolute Gasteiger partial charge is 0.494 e. The van der Waals surface area contributed by atoms with Crippen molar-refractivity contribution in [3.63, 3.8) is 0 Å². The van der Waals surface area contributed by atoms with Gasteiger partial charge in [0.05, 0.1) is 16.1 Å². The molecule has 0 spiro atoms. The summed E-state index contributed by atoms with van der Waals surface area (Å²) in [5, 5.41) is 10.7. The smallest absolute Gasteiger partial charge is 0.399 e. The van der Waals surface area contributed by atoms with E-state index >= 15 is 0 Å². The average molecular weight is 351 g/mol. The van der Waals surface area contributed by atoms with Crippen LogP contribution in [-0.2, 0) is 9.31 Å². The van der Waals surface area contributed by atoms with Gasteiger partial charge in [-0.1, -0.05) is 36.4 Å². The van der Waals surface area contributed by atoms with Gasteiger partial charge < -0.3 is 9.31 Å². The van der Waals surface area contributed by atoms with E-state index in [1.807, 2.05) is 64.1 Å². The number of non-ortho nitro benzene ring substituents is 1. The van der Waals surface area contributed by atoms with Gasteiger partial charge in [0.25, 0.3) is 5.69 Å². The highest BCUT2D eigenvalue weighted by Gasteiger charge is 2.51. The first-order valence-electron chi connectivity index (χ1n) is 8.56. The molecule has 134 valence electrons. The second kappa shape index (κ2) is 6.70. The Bertz CT molecular complexity index is 810. The van der Waals surface area contributed by atoms with Gasteiger partial charge in [-0.05, 0) is 56.4 Å². The van der Waals surface area contributed by atoms with Gasteiger partial charge in [-0.15, -0.1) is 0 Å². The maximum absolute atomic E-state index is 10.7. The van der Waals surface area contributed by atoms with Crippen LogP contribution < -0.4 is 5.46 Å². The molecule has 1 saturated heterocycles. The number of rotatable bonds is 4. The number of nitro groups is 1. The van der Waals surface area contributed by atoms with E-state index in [0.717, 1.165) is 16.6 Å². The molecule has 1 heterocycles. The zero-order chi connectivity index (χ0) is 18.9. The van der Waals surface area contributed by atoms with E-state index < -0.39 is 4.92 Å². The first-order chi connectivity index (χ1) is 12.2. The molecule has 0 atom stereocenters. The lowest BCUT2D eigenvalue weighted by atomic mass is 9.79. The number of nitrogens with zero attached hydrogens (tertiary/aromatic N) is 1. The zero-order valence-electron chi connectivity index (χ0n) is 15.4. The minimum absolute atomic E-state index is 0.0916. The summed E-state index contributed by atoms with van der Waals surface area (Å²) in [6, 6.07) is 14.5. The molecule has 1 aliphatic rings. The summed E-state index contributed by atoms with van der Waals surface area (Å²) in [6.45, 7) is 8.14. The molecule has 0 amide bonds. The minimum atomic E-state index is -0.401. The zero-order valence-corrected chi connectivity index (χ0v) is 15.4. The Kier molecular flexibility index (Phi) is 4.73. The van der Waals surface area contributed by atoms with Crippen LogP contribution in [0.25, 0.3) is 12.2 Å². The number of nitro benzene ring substituents is 1. The lowest BCUT2D eigenvalue weighted by molar-refractivity contribution is -0.384. The lowest BCUT2D eigenvalue weighted by Gasteiger charge is -2.32. The quantitative estimate of drug-likeness (QED) is 0.361. The van der Waals surface area contributed by atoms with E-state index in [1.54, 1.807) is 12.1 Å². The van der Waals surface area contributed by atoms with E-state index in [1.165, 1.54) is 12.1 Å². The van der Waals surface area contributed by atoms with Crippen molar-refractivity contribution in [2.24, 2.45) is 0 Å². The lowest BCUT2D eigenvalue weighted by Crippen LogP contribution is -2.41. The fraction of sp³-hybridized carbons (Fsp3) is 0.300. The third-order valence-electron chi connectivity index (χ3n) is 5.03. The van der Waals surface area contributed by atoms with Crippen molar-refractivity contribution in [2.45, 2.75) is 38.9 Å². The minimum Gasteiger partial charge on any atom is -0.399 e. The molecule has 0 bridgehead atoms. The Morgan fingerprint density at radius 2 is 1.27 bits per heavy atom. The highest BCUT2D eigenvalue weighted by Crippen LogP contribution is 2.36. The Labute approximate surface area is 153 Å². The fourth-order valence-electron chi connectivity index (χ4n) is 2.64. The predicted octanol–water partition coefficient (Wildman–Crippen LogP) is 4.06. The molecule has 0 N–H and O–H groups in total. The SMILES string of the molecule is CC1(C)OB(c2ccc(C=Cc3ccc([N+](=O)[O-])cc3)cc2)OC1(C)C. The summed E-state index contributed by atoms with van der Waals surface area (Å²) in [5.41, 5.74) is 2.30. The van der Waals surface area contributed by atoms with Gasteiger partial charge in [-0.3, -0.25) is 10.1 Å². The average Bonchev–Trinajstić information content (AvgIpc) is 2.81. The predicted molar refractivity (Wildman–Crippen MR) is 104 cm³/mol. The summed E-state index contributed by atoms with van der Waals surface area (Å²) >= 11 is 0. The molecule has 1 fully saturated rings. The van der Waals surface area contributed by atoms with Crippen molar-refractivity contribution in [3.8, 4) is 0 Å². The van der Waals surface area contributed by atoms with Crippen LogP contribution in [0.2, 0.25) is 0 Å². The number of benzene rings is 2. The highest BCUT2D eigenvalue weighted by molar-refractivity contribution is 6.62. The summed E-state index contributed by atoms with van der Waals surface area (Å²) < 4.78 is 12.1. The van der Waals surface area contributed by atoms with Gasteiger partial charge in [0.15, 0.2) is 0 Å². The van der Waals surface area contributed by atoms with Crippen LogP contribution in [0, 0.1) is 10.1 Å². The summed E-state index contributed by atoms with van der Waals surface area (Å²) in [6.07, 6.45) is 3.89. The van der Waals surface area contributed by atoms with E-state index in [0.29, 0.717) is 0 Å². The highest BCUT2D eigenvalue weighted by atomic mass is 16.7. The molecule has 0 radical (unpaired) electrons. The van der Waals surface area contributed by atoms with Crippen LogP contribution in [-0.4, -0.2) is 23.2 Å². The monoisotopic (exact) mass is 351 g/mol. The summed E-state index contributed by atoms with van der Waals surface area (Å²) in [5.74, 6) is 0. The molecule has 26 heavy (non-hydrogen) atoms. The van der Waals surface area contributed by atoms with Gasteiger partial charge >= 0.3 is 7.12 Å². The number of hydrogen-bond donors (Lipinski definition) is 0. The molecule has 2 aromatic carbocycles. The van der Waals surface area contributed by atoms with Gasteiger partial charge in [-0.2, -0.15) is 0 Å². The van der Waals surface area contributed by atoms with E-state index in [9.17, 15) is 10.1 Å². The molecule has 5 nitrogen and oxygen atoms in total. The first-order valence-corrected chi connectivity index (χ1v) is 8.56. The third-order valence-corrected chi connectivity index (χ3v) is 5.03. The second-order valence-electron chi connectivity index (χ2n) is 7.44. The molecule has 0 aliphatic carbocycles.